The van der Waals surface area contributed by atoms with Crippen LogP contribution in [0.15, 0.2) is 35.5 Å². The van der Waals surface area contributed by atoms with Crippen LogP contribution in [0.5, 0.6) is 17.5 Å². The molecule has 1 aromatic carbocycles. The molecule has 1 aliphatic rings. The Morgan fingerprint density at radius 1 is 1.14 bits per heavy atom. The van der Waals surface area contributed by atoms with Crippen molar-refractivity contribution >= 4 is 10.0 Å². The van der Waals surface area contributed by atoms with Crippen LogP contribution in [0.1, 0.15) is 25.3 Å². The predicted molar refractivity (Wildman–Crippen MR) is 103 cm³/mol. The van der Waals surface area contributed by atoms with Crippen LogP contribution < -0.4 is 14.2 Å². The van der Waals surface area contributed by atoms with E-state index in [4.69, 9.17) is 14.2 Å². The molecule has 3 rings (SSSR count). The highest BCUT2D eigenvalue weighted by Crippen LogP contribution is 2.31. The molecule has 28 heavy (non-hydrogen) atoms. The molecule has 0 saturated carbocycles. The van der Waals surface area contributed by atoms with Crippen molar-refractivity contribution in [2.24, 2.45) is 0 Å². The zero-order chi connectivity index (χ0) is 20.1. The number of aryl methyl sites for hydroxylation is 1. The molecule has 1 atom stereocenters. The third-order valence-electron chi connectivity index (χ3n) is 4.70. The maximum atomic E-state index is 13.1. The number of sulfonamides is 1. The highest BCUT2D eigenvalue weighted by Gasteiger charge is 2.32. The molecule has 0 aliphatic carbocycles. The highest BCUT2D eigenvalue weighted by molar-refractivity contribution is 7.89. The van der Waals surface area contributed by atoms with Crippen LogP contribution in [-0.4, -0.2) is 56.1 Å². The molecule has 8 nitrogen and oxygen atoms in total. The minimum Gasteiger partial charge on any atom is -0.493 e. The van der Waals surface area contributed by atoms with E-state index in [9.17, 15) is 8.42 Å². The second-order valence-corrected chi connectivity index (χ2v) is 8.43. The maximum Gasteiger partial charge on any atom is 0.316 e. The van der Waals surface area contributed by atoms with Crippen LogP contribution in [0.2, 0.25) is 0 Å². The van der Waals surface area contributed by atoms with E-state index in [-0.39, 0.29) is 23.6 Å². The molecular weight excluding hydrogens is 382 g/mol. The largest absolute Gasteiger partial charge is 0.493 e. The first kappa shape index (κ1) is 20.3. The zero-order valence-electron chi connectivity index (χ0n) is 16.3. The molecule has 2 heterocycles. The van der Waals surface area contributed by atoms with Crippen molar-refractivity contribution in [2.45, 2.75) is 37.2 Å². The number of rotatable bonds is 7. The van der Waals surface area contributed by atoms with Gasteiger partial charge in [0.15, 0.2) is 11.5 Å². The normalized spacial score (nSPS) is 17.9. The first-order valence-electron chi connectivity index (χ1n) is 9.17. The lowest BCUT2D eigenvalue weighted by Crippen LogP contribution is -2.44. The fraction of sp³-hybridized carbons (Fsp3) is 0.474. The van der Waals surface area contributed by atoms with E-state index in [1.54, 1.807) is 18.5 Å². The molecule has 1 saturated heterocycles. The summed E-state index contributed by atoms with van der Waals surface area (Å²) < 4.78 is 43.8. The summed E-state index contributed by atoms with van der Waals surface area (Å²) in [6, 6.07) is 4.86. The Kier molecular flexibility index (Phi) is 6.35. The van der Waals surface area contributed by atoms with Gasteiger partial charge in [-0.05, 0) is 37.0 Å². The van der Waals surface area contributed by atoms with Crippen LogP contribution >= 0.6 is 0 Å². The van der Waals surface area contributed by atoms with Crippen molar-refractivity contribution in [3.63, 3.8) is 0 Å². The van der Waals surface area contributed by atoms with Crippen molar-refractivity contribution in [2.75, 3.05) is 27.3 Å². The van der Waals surface area contributed by atoms with Gasteiger partial charge in [-0.3, -0.25) is 0 Å². The van der Waals surface area contributed by atoms with E-state index < -0.39 is 10.0 Å². The second-order valence-electron chi connectivity index (χ2n) is 6.49. The van der Waals surface area contributed by atoms with Crippen molar-refractivity contribution in [3.05, 3.63) is 36.2 Å². The molecule has 0 amide bonds. The Morgan fingerprint density at radius 2 is 1.86 bits per heavy atom. The predicted octanol–water partition coefficient (Wildman–Crippen LogP) is 2.29. The van der Waals surface area contributed by atoms with E-state index in [2.05, 4.69) is 9.97 Å². The van der Waals surface area contributed by atoms with E-state index in [0.717, 1.165) is 18.4 Å². The summed E-state index contributed by atoms with van der Waals surface area (Å²) in [4.78, 5) is 8.56. The van der Waals surface area contributed by atoms with E-state index in [1.807, 2.05) is 6.92 Å². The molecule has 0 N–H and O–H groups in total. The average molecular weight is 407 g/mol. The number of hydrogen-bond acceptors (Lipinski definition) is 7. The fourth-order valence-electron chi connectivity index (χ4n) is 3.08. The fourth-order valence-corrected chi connectivity index (χ4v) is 4.61. The quantitative estimate of drug-likeness (QED) is 0.695. The van der Waals surface area contributed by atoms with Gasteiger partial charge in [0, 0.05) is 25.0 Å². The summed E-state index contributed by atoms with van der Waals surface area (Å²) in [5.74, 6) is 0.853. The van der Waals surface area contributed by atoms with Crippen LogP contribution in [0.4, 0.5) is 0 Å². The average Bonchev–Trinajstić information content (AvgIpc) is 2.74. The Labute approximate surface area is 165 Å². The maximum absolute atomic E-state index is 13.1. The first-order valence-corrected chi connectivity index (χ1v) is 10.6. The van der Waals surface area contributed by atoms with Gasteiger partial charge in [-0.1, -0.05) is 6.92 Å². The van der Waals surface area contributed by atoms with Gasteiger partial charge in [0.25, 0.3) is 0 Å². The summed E-state index contributed by atoms with van der Waals surface area (Å²) in [6.07, 6.45) is 5.45. The SMILES string of the molecule is CCc1cnc(OC2CCCN(S(=O)(=O)c3ccc(OC)c(OC)c3)C2)nc1. The van der Waals surface area contributed by atoms with Crippen LogP contribution in [-0.2, 0) is 16.4 Å². The zero-order valence-corrected chi connectivity index (χ0v) is 17.1. The van der Waals surface area contributed by atoms with Gasteiger partial charge in [0.2, 0.25) is 10.0 Å². The minimum atomic E-state index is -3.68. The van der Waals surface area contributed by atoms with Gasteiger partial charge in [0.05, 0.1) is 25.7 Å². The molecule has 2 aromatic rings. The van der Waals surface area contributed by atoms with Crippen LogP contribution in [0.3, 0.4) is 0 Å². The molecule has 1 fully saturated rings. The summed E-state index contributed by atoms with van der Waals surface area (Å²) in [7, 11) is -0.696. The van der Waals surface area contributed by atoms with Gasteiger partial charge < -0.3 is 14.2 Å². The Hall–Kier alpha value is -2.39. The smallest absolute Gasteiger partial charge is 0.316 e. The molecule has 0 spiro atoms. The van der Waals surface area contributed by atoms with Crippen molar-refractivity contribution < 1.29 is 22.6 Å². The minimum absolute atomic E-state index is 0.161. The molecule has 1 unspecified atom stereocenters. The lowest BCUT2D eigenvalue weighted by Gasteiger charge is -2.31. The van der Waals surface area contributed by atoms with Gasteiger partial charge >= 0.3 is 6.01 Å². The Bertz CT molecular complexity index is 902. The standard InChI is InChI=1S/C19H25N3O5S/c1-4-14-11-20-19(21-12-14)27-15-6-5-9-22(13-15)28(23,24)16-7-8-17(25-2)18(10-16)26-3/h7-8,10-12,15H,4-6,9,13H2,1-3H3. The van der Waals surface area contributed by atoms with Crippen molar-refractivity contribution in [1.82, 2.24) is 14.3 Å². The molecule has 0 radical (unpaired) electrons. The topological polar surface area (TPSA) is 90.9 Å². The summed E-state index contributed by atoms with van der Waals surface area (Å²) >= 11 is 0. The number of nitrogens with zero attached hydrogens (tertiary/aromatic N) is 3. The lowest BCUT2D eigenvalue weighted by atomic mass is 10.1. The third kappa shape index (κ3) is 4.36. The number of methoxy groups -OCH3 is 2. The molecule has 152 valence electrons. The monoisotopic (exact) mass is 407 g/mol. The number of hydrogen-bond donors (Lipinski definition) is 0. The second kappa shape index (κ2) is 8.74. The van der Waals surface area contributed by atoms with Crippen LogP contribution in [0, 0.1) is 0 Å². The van der Waals surface area contributed by atoms with Gasteiger partial charge in [-0.2, -0.15) is 4.31 Å². The molecule has 9 heteroatoms. The molecular formula is C19H25N3O5S. The van der Waals surface area contributed by atoms with E-state index in [1.165, 1.54) is 30.7 Å². The summed E-state index contributed by atoms with van der Waals surface area (Å²) in [6.45, 7) is 2.71. The Balaban J connectivity index is 1.75. The van der Waals surface area contributed by atoms with Gasteiger partial charge in [-0.15, -0.1) is 0 Å². The highest BCUT2D eigenvalue weighted by atomic mass is 32.2. The lowest BCUT2D eigenvalue weighted by molar-refractivity contribution is 0.119. The summed E-state index contributed by atoms with van der Waals surface area (Å²) in [5, 5.41) is 0. The number of benzene rings is 1. The molecule has 0 bridgehead atoms. The summed E-state index contributed by atoms with van der Waals surface area (Å²) in [5.41, 5.74) is 1.02. The van der Waals surface area contributed by atoms with E-state index >= 15 is 0 Å². The van der Waals surface area contributed by atoms with Gasteiger partial charge in [0.1, 0.15) is 6.10 Å². The van der Waals surface area contributed by atoms with E-state index in [0.29, 0.717) is 24.5 Å². The van der Waals surface area contributed by atoms with Crippen molar-refractivity contribution in [1.29, 1.82) is 0 Å². The molecule has 1 aromatic heterocycles. The van der Waals surface area contributed by atoms with Gasteiger partial charge in [-0.25, -0.2) is 18.4 Å². The van der Waals surface area contributed by atoms with Crippen LogP contribution in [0.25, 0.3) is 0 Å². The number of aromatic nitrogens is 2. The third-order valence-corrected chi connectivity index (χ3v) is 6.56. The number of ether oxygens (including phenoxy) is 3. The van der Waals surface area contributed by atoms with Crippen molar-refractivity contribution in [3.8, 4) is 17.5 Å². The first-order chi connectivity index (χ1) is 13.5. The molecule has 1 aliphatic heterocycles. The number of piperidine rings is 1. The Morgan fingerprint density at radius 3 is 2.50 bits per heavy atom.